The zero-order chi connectivity index (χ0) is 9.19. The molecule has 1 rings (SSSR count). The summed E-state index contributed by atoms with van der Waals surface area (Å²) in [6, 6.07) is -0.112. The van der Waals surface area contributed by atoms with Gasteiger partial charge in [0.2, 0.25) is 0 Å². The number of carbonyl (C=O) groups is 1. The molecule has 3 heteroatoms. The fourth-order valence-electron chi connectivity index (χ4n) is 1.28. The highest BCUT2D eigenvalue weighted by molar-refractivity contribution is 5.89. The van der Waals surface area contributed by atoms with Crippen molar-refractivity contribution in [2.24, 2.45) is 5.41 Å². The molecule has 0 aromatic carbocycles. The minimum absolute atomic E-state index is 0.112. The predicted molar refractivity (Wildman–Crippen MR) is 48.1 cm³/mol. The van der Waals surface area contributed by atoms with E-state index in [4.69, 9.17) is 0 Å². The molecular formula is C9H17N2O. The summed E-state index contributed by atoms with van der Waals surface area (Å²) in [6.07, 6.45) is 0. The van der Waals surface area contributed by atoms with Gasteiger partial charge in [-0.25, -0.2) is 5.32 Å². The maximum absolute atomic E-state index is 11.7. The standard InChI is InChI=1S/C9H17N2O/c1-9(2,3)8(12)7-6-10-4-5-11-7/h7,10H,4-6H2,1-3H3. The topological polar surface area (TPSA) is 43.2 Å². The SMILES string of the molecule is CC(C)(C)C(=O)C1CNCC[N]1. The largest absolute Gasteiger partial charge is 0.313 e. The van der Waals surface area contributed by atoms with Gasteiger partial charge in [0.1, 0.15) is 0 Å². The van der Waals surface area contributed by atoms with Crippen LogP contribution in [0, 0.1) is 5.41 Å². The second-order valence-electron chi connectivity index (χ2n) is 4.24. The van der Waals surface area contributed by atoms with Crippen molar-refractivity contribution in [3.8, 4) is 0 Å². The van der Waals surface area contributed by atoms with Gasteiger partial charge in [0.05, 0.1) is 6.04 Å². The summed E-state index contributed by atoms with van der Waals surface area (Å²) in [5, 5.41) is 7.46. The van der Waals surface area contributed by atoms with Gasteiger partial charge in [-0.1, -0.05) is 20.8 Å². The molecule has 0 aliphatic carbocycles. The number of ketones is 1. The number of Topliss-reactive ketones (excluding diaryl/α,β-unsaturated/α-hetero) is 1. The highest BCUT2D eigenvalue weighted by Gasteiger charge is 2.30. The third-order valence-electron chi connectivity index (χ3n) is 2.02. The van der Waals surface area contributed by atoms with Crippen LogP contribution in [-0.2, 0) is 4.79 Å². The molecule has 1 radical (unpaired) electrons. The fraction of sp³-hybridized carbons (Fsp3) is 0.889. The second kappa shape index (κ2) is 3.54. The van der Waals surface area contributed by atoms with E-state index >= 15 is 0 Å². The van der Waals surface area contributed by atoms with Crippen LogP contribution in [0.5, 0.6) is 0 Å². The summed E-state index contributed by atoms with van der Waals surface area (Å²) in [5.74, 6) is 0.245. The minimum atomic E-state index is -0.257. The number of carbonyl (C=O) groups excluding carboxylic acids is 1. The molecule has 0 aromatic rings. The Morgan fingerprint density at radius 1 is 1.50 bits per heavy atom. The molecule has 1 unspecified atom stereocenters. The van der Waals surface area contributed by atoms with Crippen LogP contribution in [0.1, 0.15) is 20.8 Å². The Morgan fingerprint density at radius 2 is 2.17 bits per heavy atom. The predicted octanol–water partition coefficient (Wildman–Crippen LogP) is 0.178. The van der Waals surface area contributed by atoms with Gasteiger partial charge in [0.25, 0.3) is 0 Å². The average Bonchev–Trinajstić information content (AvgIpc) is 2.03. The first-order valence-electron chi connectivity index (χ1n) is 4.43. The Kier molecular flexibility index (Phi) is 2.85. The molecule has 1 fully saturated rings. The van der Waals surface area contributed by atoms with Gasteiger partial charge >= 0.3 is 0 Å². The molecule has 0 aromatic heterocycles. The third kappa shape index (κ3) is 2.29. The Hall–Kier alpha value is -0.410. The van der Waals surface area contributed by atoms with Crippen LogP contribution in [0.4, 0.5) is 0 Å². The highest BCUT2D eigenvalue weighted by atomic mass is 16.1. The fourth-order valence-corrected chi connectivity index (χ4v) is 1.28. The van der Waals surface area contributed by atoms with Crippen LogP contribution in [-0.4, -0.2) is 31.5 Å². The van der Waals surface area contributed by atoms with Crippen LogP contribution in [0.25, 0.3) is 0 Å². The first kappa shape index (κ1) is 9.68. The maximum atomic E-state index is 11.7. The summed E-state index contributed by atoms with van der Waals surface area (Å²) < 4.78 is 0. The molecular weight excluding hydrogens is 152 g/mol. The average molecular weight is 169 g/mol. The first-order chi connectivity index (χ1) is 5.52. The zero-order valence-electron chi connectivity index (χ0n) is 8.05. The molecule has 3 nitrogen and oxygen atoms in total. The third-order valence-corrected chi connectivity index (χ3v) is 2.02. The van der Waals surface area contributed by atoms with E-state index in [-0.39, 0.29) is 17.2 Å². The van der Waals surface area contributed by atoms with Crippen molar-refractivity contribution < 1.29 is 4.79 Å². The Balaban J connectivity index is 2.51. The van der Waals surface area contributed by atoms with Gasteiger partial charge in [-0.3, -0.25) is 4.79 Å². The summed E-state index contributed by atoms with van der Waals surface area (Å²) in [4.78, 5) is 11.7. The summed E-state index contributed by atoms with van der Waals surface area (Å²) >= 11 is 0. The minimum Gasteiger partial charge on any atom is -0.313 e. The van der Waals surface area contributed by atoms with E-state index in [1.54, 1.807) is 0 Å². The van der Waals surface area contributed by atoms with Crippen LogP contribution >= 0.6 is 0 Å². The molecule has 1 aliphatic heterocycles. The number of nitrogens with one attached hydrogen (secondary N) is 1. The number of piperazine rings is 1. The molecule has 1 aliphatic rings. The van der Waals surface area contributed by atoms with Crippen LogP contribution < -0.4 is 10.6 Å². The van der Waals surface area contributed by atoms with Crippen molar-refractivity contribution in [2.45, 2.75) is 26.8 Å². The molecule has 0 amide bonds. The van der Waals surface area contributed by atoms with Gasteiger partial charge in [-0.2, -0.15) is 0 Å². The molecule has 0 spiro atoms. The van der Waals surface area contributed by atoms with E-state index in [1.807, 2.05) is 20.8 Å². The second-order valence-corrected chi connectivity index (χ2v) is 4.24. The van der Waals surface area contributed by atoms with E-state index < -0.39 is 0 Å². The van der Waals surface area contributed by atoms with Crippen LogP contribution in [0.3, 0.4) is 0 Å². The van der Waals surface area contributed by atoms with Crippen molar-refractivity contribution >= 4 is 5.78 Å². The molecule has 12 heavy (non-hydrogen) atoms. The molecule has 0 bridgehead atoms. The molecule has 1 atom stereocenters. The van der Waals surface area contributed by atoms with Gasteiger partial charge in [-0.15, -0.1) is 0 Å². The van der Waals surface area contributed by atoms with Gasteiger partial charge in [0.15, 0.2) is 5.78 Å². The number of hydrogen-bond acceptors (Lipinski definition) is 2. The summed E-state index contributed by atoms with van der Waals surface area (Å²) in [6.45, 7) is 8.23. The normalized spacial score (nSPS) is 25.4. The Labute approximate surface area is 73.9 Å². The maximum Gasteiger partial charge on any atom is 0.157 e. The lowest BCUT2D eigenvalue weighted by atomic mass is 9.86. The molecule has 1 N–H and O–H groups in total. The summed E-state index contributed by atoms with van der Waals surface area (Å²) in [7, 11) is 0. The zero-order valence-corrected chi connectivity index (χ0v) is 8.05. The quantitative estimate of drug-likeness (QED) is 0.608. The van der Waals surface area contributed by atoms with Crippen LogP contribution in [0.15, 0.2) is 0 Å². The van der Waals surface area contributed by atoms with E-state index in [1.165, 1.54) is 0 Å². The Morgan fingerprint density at radius 3 is 2.58 bits per heavy atom. The van der Waals surface area contributed by atoms with Gasteiger partial charge in [0, 0.05) is 25.0 Å². The van der Waals surface area contributed by atoms with E-state index in [0.717, 1.165) is 19.6 Å². The van der Waals surface area contributed by atoms with Crippen molar-refractivity contribution in [3.63, 3.8) is 0 Å². The summed E-state index contributed by atoms with van der Waals surface area (Å²) in [5.41, 5.74) is -0.257. The lowest BCUT2D eigenvalue weighted by molar-refractivity contribution is -0.128. The lowest BCUT2D eigenvalue weighted by Gasteiger charge is -2.27. The monoisotopic (exact) mass is 169 g/mol. The van der Waals surface area contributed by atoms with Gasteiger partial charge < -0.3 is 5.32 Å². The molecule has 69 valence electrons. The van der Waals surface area contributed by atoms with Crippen molar-refractivity contribution in [1.82, 2.24) is 10.6 Å². The molecule has 0 saturated carbocycles. The number of hydrogen-bond donors (Lipinski definition) is 1. The highest BCUT2D eigenvalue weighted by Crippen LogP contribution is 2.17. The van der Waals surface area contributed by atoms with Crippen molar-refractivity contribution in [2.75, 3.05) is 19.6 Å². The van der Waals surface area contributed by atoms with E-state index in [9.17, 15) is 4.79 Å². The van der Waals surface area contributed by atoms with E-state index in [0.29, 0.717) is 0 Å². The Bertz CT molecular complexity index is 166. The van der Waals surface area contributed by atoms with Crippen molar-refractivity contribution in [1.29, 1.82) is 0 Å². The number of nitrogens with zero attached hydrogens (tertiary/aromatic N) is 1. The first-order valence-corrected chi connectivity index (χ1v) is 4.43. The van der Waals surface area contributed by atoms with Crippen molar-refractivity contribution in [3.05, 3.63) is 0 Å². The molecule has 1 heterocycles. The van der Waals surface area contributed by atoms with Crippen LogP contribution in [0.2, 0.25) is 0 Å². The lowest BCUT2D eigenvalue weighted by Crippen LogP contribution is -2.51. The van der Waals surface area contributed by atoms with Gasteiger partial charge in [-0.05, 0) is 0 Å². The molecule has 1 saturated heterocycles. The van der Waals surface area contributed by atoms with E-state index in [2.05, 4.69) is 10.6 Å². The smallest absolute Gasteiger partial charge is 0.157 e. The number of rotatable bonds is 1.